The molecule has 0 saturated carbocycles. The van der Waals surface area contributed by atoms with Gasteiger partial charge in [0.05, 0.1) is 6.61 Å². The highest BCUT2D eigenvalue weighted by molar-refractivity contribution is 6.30. The van der Waals surface area contributed by atoms with Crippen molar-refractivity contribution in [3.63, 3.8) is 0 Å². The summed E-state index contributed by atoms with van der Waals surface area (Å²) >= 11 is 5.93. The Bertz CT molecular complexity index is 401. The van der Waals surface area contributed by atoms with Gasteiger partial charge in [-0.15, -0.1) is 0 Å². The molecule has 0 spiro atoms. The molecule has 2 aliphatic heterocycles. The molecule has 4 heteroatoms. The third-order valence-corrected chi connectivity index (χ3v) is 3.86. The van der Waals surface area contributed by atoms with E-state index in [0.717, 1.165) is 37.1 Å². The highest BCUT2D eigenvalue weighted by Crippen LogP contribution is 2.24. The Morgan fingerprint density at radius 1 is 1.33 bits per heavy atom. The van der Waals surface area contributed by atoms with Gasteiger partial charge in [-0.1, -0.05) is 17.7 Å². The Hall–Kier alpha value is -0.770. The molecule has 1 aromatic rings. The minimum absolute atomic E-state index is 0.297. The standard InChI is InChI=1S/C14H18ClNO2/c15-11-3-1-5-13(7-11)18-14-8-16(9-14)12-4-2-6-17-10-12/h1,3,5,7,12,14H,2,4,6,8-10H2. The monoisotopic (exact) mass is 267 g/mol. The minimum Gasteiger partial charge on any atom is -0.488 e. The van der Waals surface area contributed by atoms with Gasteiger partial charge in [0.1, 0.15) is 11.9 Å². The molecule has 0 radical (unpaired) electrons. The number of likely N-dealkylation sites (tertiary alicyclic amines) is 1. The van der Waals surface area contributed by atoms with Gasteiger partial charge in [0.25, 0.3) is 0 Å². The Balaban J connectivity index is 1.47. The maximum absolute atomic E-state index is 5.93. The lowest BCUT2D eigenvalue weighted by molar-refractivity contribution is -0.0567. The van der Waals surface area contributed by atoms with Crippen LogP contribution in [0.5, 0.6) is 5.75 Å². The molecular weight excluding hydrogens is 250 g/mol. The molecule has 3 nitrogen and oxygen atoms in total. The van der Waals surface area contributed by atoms with Crippen molar-refractivity contribution < 1.29 is 9.47 Å². The molecule has 1 unspecified atom stereocenters. The van der Waals surface area contributed by atoms with Crippen molar-refractivity contribution in [3.05, 3.63) is 29.3 Å². The van der Waals surface area contributed by atoms with E-state index in [9.17, 15) is 0 Å². The molecule has 2 heterocycles. The van der Waals surface area contributed by atoms with E-state index in [-0.39, 0.29) is 0 Å². The second-order valence-corrected chi connectivity index (χ2v) is 5.46. The lowest BCUT2D eigenvalue weighted by atomic mass is 10.0. The Kier molecular flexibility index (Phi) is 3.73. The molecule has 0 bridgehead atoms. The average molecular weight is 268 g/mol. The third-order valence-electron chi connectivity index (χ3n) is 3.63. The molecule has 98 valence electrons. The molecule has 1 atom stereocenters. The predicted molar refractivity (Wildman–Crippen MR) is 71.3 cm³/mol. The van der Waals surface area contributed by atoms with Gasteiger partial charge in [-0.25, -0.2) is 0 Å². The fraction of sp³-hybridized carbons (Fsp3) is 0.571. The first kappa shape index (κ1) is 12.3. The molecule has 18 heavy (non-hydrogen) atoms. The van der Waals surface area contributed by atoms with Crippen LogP contribution in [0.25, 0.3) is 0 Å². The highest BCUT2D eigenvalue weighted by Gasteiger charge is 2.34. The molecule has 2 saturated heterocycles. The van der Waals surface area contributed by atoms with E-state index in [2.05, 4.69) is 4.90 Å². The Labute approximate surface area is 113 Å². The first-order chi connectivity index (χ1) is 8.81. The topological polar surface area (TPSA) is 21.7 Å². The molecule has 2 fully saturated rings. The third kappa shape index (κ3) is 2.79. The van der Waals surface area contributed by atoms with Crippen LogP contribution < -0.4 is 4.74 Å². The van der Waals surface area contributed by atoms with E-state index >= 15 is 0 Å². The molecule has 2 aliphatic rings. The maximum Gasteiger partial charge on any atom is 0.124 e. The van der Waals surface area contributed by atoms with Gasteiger partial charge in [-0.3, -0.25) is 4.90 Å². The first-order valence-corrected chi connectivity index (χ1v) is 6.93. The fourth-order valence-corrected chi connectivity index (χ4v) is 2.77. The summed E-state index contributed by atoms with van der Waals surface area (Å²) in [6, 6.07) is 8.20. The van der Waals surface area contributed by atoms with Crippen LogP contribution in [0.1, 0.15) is 12.8 Å². The second kappa shape index (κ2) is 5.47. The number of benzene rings is 1. The van der Waals surface area contributed by atoms with Crippen LogP contribution in [0.15, 0.2) is 24.3 Å². The van der Waals surface area contributed by atoms with Gasteiger partial charge in [-0.05, 0) is 31.0 Å². The molecule has 0 aromatic heterocycles. The Morgan fingerprint density at radius 2 is 2.22 bits per heavy atom. The van der Waals surface area contributed by atoms with Crippen LogP contribution in [-0.2, 0) is 4.74 Å². The van der Waals surface area contributed by atoms with Crippen LogP contribution in [0.2, 0.25) is 5.02 Å². The Morgan fingerprint density at radius 3 is 2.94 bits per heavy atom. The average Bonchev–Trinajstić information content (AvgIpc) is 2.34. The summed E-state index contributed by atoms with van der Waals surface area (Å²) in [5.74, 6) is 0.868. The zero-order valence-corrected chi connectivity index (χ0v) is 11.1. The number of halogens is 1. The van der Waals surface area contributed by atoms with Crippen LogP contribution in [0, 0.1) is 0 Å². The van der Waals surface area contributed by atoms with Crippen molar-refractivity contribution in [2.75, 3.05) is 26.3 Å². The van der Waals surface area contributed by atoms with Gasteiger partial charge >= 0.3 is 0 Å². The van der Waals surface area contributed by atoms with Gasteiger partial charge in [-0.2, -0.15) is 0 Å². The van der Waals surface area contributed by atoms with E-state index in [1.54, 1.807) is 0 Å². The zero-order valence-electron chi connectivity index (χ0n) is 10.3. The molecule has 0 aliphatic carbocycles. The fourth-order valence-electron chi connectivity index (χ4n) is 2.59. The summed E-state index contributed by atoms with van der Waals surface area (Å²) in [4.78, 5) is 2.45. The van der Waals surface area contributed by atoms with E-state index in [4.69, 9.17) is 21.1 Å². The van der Waals surface area contributed by atoms with Crippen molar-refractivity contribution in [2.24, 2.45) is 0 Å². The number of rotatable bonds is 3. The van der Waals surface area contributed by atoms with E-state index in [0.29, 0.717) is 12.1 Å². The van der Waals surface area contributed by atoms with Crippen LogP contribution >= 0.6 is 11.6 Å². The molecule has 3 rings (SSSR count). The van der Waals surface area contributed by atoms with Crippen LogP contribution in [-0.4, -0.2) is 43.3 Å². The SMILES string of the molecule is Clc1cccc(OC2CN(C3CCCOC3)C2)c1. The van der Waals surface area contributed by atoms with Gasteiger partial charge in [0.2, 0.25) is 0 Å². The van der Waals surface area contributed by atoms with Gasteiger partial charge < -0.3 is 9.47 Å². The molecule has 0 N–H and O–H groups in total. The zero-order chi connectivity index (χ0) is 12.4. The number of hydrogen-bond acceptors (Lipinski definition) is 3. The summed E-state index contributed by atoms with van der Waals surface area (Å²) in [6.07, 6.45) is 2.73. The lowest BCUT2D eigenvalue weighted by Gasteiger charge is -2.45. The van der Waals surface area contributed by atoms with Crippen molar-refractivity contribution >= 4 is 11.6 Å². The normalized spacial score (nSPS) is 25.7. The van der Waals surface area contributed by atoms with Crippen LogP contribution in [0.4, 0.5) is 0 Å². The van der Waals surface area contributed by atoms with Crippen molar-refractivity contribution in [3.8, 4) is 5.75 Å². The summed E-state index contributed by atoms with van der Waals surface area (Å²) < 4.78 is 11.4. The van der Waals surface area contributed by atoms with Gasteiger partial charge in [0, 0.05) is 30.8 Å². The summed E-state index contributed by atoms with van der Waals surface area (Å²) in [6.45, 7) is 3.80. The molecule has 0 amide bonds. The maximum atomic E-state index is 5.93. The van der Waals surface area contributed by atoms with E-state index in [1.807, 2.05) is 24.3 Å². The highest BCUT2D eigenvalue weighted by atomic mass is 35.5. The smallest absolute Gasteiger partial charge is 0.124 e. The summed E-state index contributed by atoms with van der Waals surface area (Å²) in [7, 11) is 0. The van der Waals surface area contributed by atoms with E-state index < -0.39 is 0 Å². The van der Waals surface area contributed by atoms with Crippen molar-refractivity contribution in [1.29, 1.82) is 0 Å². The second-order valence-electron chi connectivity index (χ2n) is 5.02. The largest absolute Gasteiger partial charge is 0.488 e. The number of nitrogens with zero attached hydrogens (tertiary/aromatic N) is 1. The predicted octanol–water partition coefficient (Wildman–Crippen LogP) is 2.58. The summed E-state index contributed by atoms with van der Waals surface area (Å²) in [5.41, 5.74) is 0. The number of hydrogen-bond donors (Lipinski definition) is 0. The minimum atomic E-state index is 0.297. The van der Waals surface area contributed by atoms with Crippen molar-refractivity contribution in [2.45, 2.75) is 25.0 Å². The first-order valence-electron chi connectivity index (χ1n) is 6.55. The molecular formula is C14H18ClNO2. The molecule has 1 aromatic carbocycles. The van der Waals surface area contributed by atoms with Crippen LogP contribution in [0.3, 0.4) is 0 Å². The van der Waals surface area contributed by atoms with Gasteiger partial charge in [0.15, 0.2) is 0 Å². The number of ether oxygens (including phenoxy) is 2. The summed E-state index contributed by atoms with van der Waals surface area (Å²) in [5, 5.41) is 0.726. The van der Waals surface area contributed by atoms with E-state index in [1.165, 1.54) is 12.8 Å². The van der Waals surface area contributed by atoms with Crippen molar-refractivity contribution in [1.82, 2.24) is 4.90 Å². The quantitative estimate of drug-likeness (QED) is 0.840. The lowest BCUT2D eigenvalue weighted by Crippen LogP contribution is -2.59.